The van der Waals surface area contributed by atoms with Crippen LogP contribution in [0.4, 0.5) is 0 Å². The van der Waals surface area contributed by atoms with Crippen molar-refractivity contribution in [2.45, 2.75) is 26.2 Å². The maximum Gasteiger partial charge on any atom is 1.00 e. The number of hydrogen-bond acceptors (Lipinski definition) is 2. The fourth-order valence-electron chi connectivity index (χ4n) is 0.491. The SMILES string of the molecule is CCCCC[P+](=O)[O-].[Li+]. The van der Waals surface area contributed by atoms with Crippen LogP contribution in [0.2, 0.25) is 0 Å². The summed E-state index contributed by atoms with van der Waals surface area (Å²) in [4.78, 5) is 9.91. The maximum atomic E-state index is 9.91. The fourth-order valence-corrected chi connectivity index (χ4v) is 0.973. The van der Waals surface area contributed by atoms with Gasteiger partial charge in [0.2, 0.25) is 0 Å². The average molecular weight is 141 g/mol. The van der Waals surface area contributed by atoms with Gasteiger partial charge >= 0.3 is 26.9 Å². The summed E-state index contributed by atoms with van der Waals surface area (Å²) in [5, 5.41) is 0. The zero-order valence-electron chi connectivity index (χ0n) is 6.09. The predicted octanol–water partition coefficient (Wildman–Crippen LogP) is -1.72. The molecule has 0 aliphatic heterocycles. The van der Waals surface area contributed by atoms with Crippen LogP contribution >= 0.6 is 8.03 Å². The van der Waals surface area contributed by atoms with Crippen LogP contribution in [0.25, 0.3) is 0 Å². The van der Waals surface area contributed by atoms with Gasteiger partial charge < -0.3 is 4.89 Å². The van der Waals surface area contributed by atoms with E-state index in [1.165, 1.54) is 0 Å². The van der Waals surface area contributed by atoms with Crippen molar-refractivity contribution < 1.29 is 28.3 Å². The van der Waals surface area contributed by atoms with Crippen LogP contribution in [-0.4, -0.2) is 6.16 Å². The van der Waals surface area contributed by atoms with Gasteiger partial charge in [-0.15, -0.1) is 0 Å². The second kappa shape index (κ2) is 8.66. The third-order valence-electron chi connectivity index (χ3n) is 0.944. The molecule has 0 aromatic rings. The molecule has 0 spiro atoms. The second-order valence-corrected chi connectivity index (χ2v) is 2.88. The van der Waals surface area contributed by atoms with Gasteiger partial charge in [0.15, 0.2) is 0 Å². The first-order chi connectivity index (χ1) is 3.77. The average Bonchev–Trinajstić information content (AvgIpc) is 1.66. The van der Waals surface area contributed by atoms with Crippen molar-refractivity contribution in [3.8, 4) is 0 Å². The van der Waals surface area contributed by atoms with Crippen LogP contribution in [0.3, 0.4) is 0 Å². The van der Waals surface area contributed by atoms with Gasteiger partial charge in [-0.3, -0.25) is 0 Å². The molecular formula is C5H11LiO2P+. The summed E-state index contributed by atoms with van der Waals surface area (Å²) in [7, 11) is -2.11. The minimum atomic E-state index is -2.11. The Hall–Kier alpha value is 0.657. The van der Waals surface area contributed by atoms with Crippen molar-refractivity contribution >= 4 is 8.03 Å². The first-order valence-corrected chi connectivity index (χ1v) is 4.25. The molecule has 0 saturated heterocycles. The molecule has 1 unspecified atom stereocenters. The van der Waals surface area contributed by atoms with Gasteiger partial charge in [0.1, 0.15) is 6.16 Å². The van der Waals surface area contributed by atoms with E-state index in [4.69, 9.17) is 0 Å². The Bertz CT molecular complexity index is 77.4. The van der Waals surface area contributed by atoms with Crippen LogP contribution in [-0.2, 0) is 4.57 Å². The molecule has 0 aliphatic rings. The van der Waals surface area contributed by atoms with E-state index >= 15 is 0 Å². The Morgan fingerprint density at radius 3 is 2.33 bits per heavy atom. The third kappa shape index (κ3) is 12.0. The molecular weight excluding hydrogens is 130 g/mol. The smallest absolute Gasteiger partial charge is 0.596 e. The molecule has 0 fully saturated rings. The van der Waals surface area contributed by atoms with E-state index in [1.807, 2.05) is 0 Å². The number of rotatable bonds is 4. The third-order valence-corrected chi connectivity index (χ3v) is 1.63. The second-order valence-electron chi connectivity index (χ2n) is 1.76. The van der Waals surface area contributed by atoms with E-state index in [1.54, 1.807) is 0 Å². The van der Waals surface area contributed by atoms with Crippen LogP contribution in [0, 0.1) is 0 Å². The molecule has 9 heavy (non-hydrogen) atoms. The van der Waals surface area contributed by atoms with Crippen LogP contribution in [0.15, 0.2) is 0 Å². The summed E-state index contributed by atoms with van der Waals surface area (Å²) in [6.45, 7) is 2.05. The minimum Gasteiger partial charge on any atom is -0.596 e. The topological polar surface area (TPSA) is 40.1 Å². The zero-order valence-corrected chi connectivity index (χ0v) is 6.99. The minimum absolute atomic E-state index is 0. The summed E-state index contributed by atoms with van der Waals surface area (Å²) < 4.78 is 9.91. The molecule has 0 aromatic carbocycles. The quantitative estimate of drug-likeness (QED) is 0.265. The van der Waals surface area contributed by atoms with Gasteiger partial charge in [-0.05, 0) is 12.8 Å². The van der Waals surface area contributed by atoms with Gasteiger partial charge in [-0.25, -0.2) is 0 Å². The Kier molecular flexibility index (Phi) is 11.9. The van der Waals surface area contributed by atoms with Gasteiger partial charge in [0.05, 0.1) is 0 Å². The van der Waals surface area contributed by atoms with Crippen molar-refractivity contribution in [2.75, 3.05) is 6.16 Å². The Labute approximate surface area is 69.1 Å². The number of hydrogen-bond donors (Lipinski definition) is 0. The van der Waals surface area contributed by atoms with Crippen molar-refractivity contribution in [3.05, 3.63) is 0 Å². The monoisotopic (exact) mass is 141 g/mol. The van der Waals surface area contributed by atoms with E-state index in [0.717, 1.165) is 19.3 Å². The Morgan fingerprint density at radius 2 is 2.00 bits per heavy atom. The van der Waals surface area contributed by atoms with Crippen molar-refractivity contribution in [1.29, 1.82) is 0 Å². The molecule has 0 N–H and O–H groups in total. The summed E-state index contributed by atoms with van der Waals surface area (Å²) >= 11 is 0. The molecule has 0 heterocycles. The molecule has 1 atom stereocenters. The molecule has 48 valence electrons. The molecule has 0 saturated carbocycles. The molecule has 0 aliphatic carbocycles. The summed E-state index contributed by atoms with van der Waals surface area (Å²) in [6, 6.07) is 0. The van der Waals surface area contributed by atoms with E-state index in [-0.39, 0.29) is 18.9 Å². The van der Waals surface area contributed by atoms with Crippen LogP contribution in [0.1, 0.15) is 26.2 Å². The summed E-state index contributed by atoms with van der Waals surface area (Å²) in [5.74, 6) is 0. The van der Waals surface area contributed by atoms with Gasteiger partial charge in [-0.2, -0.15) is 0 Å². The Balaban J connectivity index is 0. The normalized spacial score (nSPS) is 10.2. The van der Waals surface area contributed by atoms with E-state index in [2.05, 4.69) is 6.92 Å². The maximum absolute atomic E-state index is 9.91. The van der Waals surface area contributed by atoms with E-state index < -0.39 is 8.03 Å². The molecule has 0 amide bonds. The number of unbranched alkanes of at least 4 members (excludes halogenated alkanes) is 2. The predicted molar refractivity (Wildman–Crippen MR) is 32.0 cm³/mol. The molecule has 0 bridgehead atoms. The summed E-state index contributed by atoms with van der Waals surface area (Å²) in [6.07, 6.45) is 3.31. The van der Waals surface area contributed by atoms with Gasteiger partial charge in [0.25, 0.3) is 0 Å². The summed E-state index contributed by atoms with van der Waals surface area (Å²) in [5.41, 5.74) is 0. The van der Waals surface area contributed by atoms with E-state index in [9.17, 15) is 9.46 Å². The van der Waals surface area contributed by atoms with Crippen LogP contribution in [0.5, 0.6) is 0 Å². The van der Waals surface area contributed by atoms with Crippen molar-refractivity contribution in [1.82, 2.24) is 0 Å². The molecule has 0 rings (SSSR count). The van der Waals surface area contributed by atoms with Gasteiger partial charge in [0, 0.05) is 0 Å². The molecule has 0 radical (unpaired) electrons. The zero-order chi connectivity index (χ0) is 6.41. The van der Waals surface area contributed by atoms with Gasteiger partial charge in [-0.1, -0.05) is 17.9 Å². The first kappa shape index (κ1) is 12.3. The standard InChI is InChI=1S/C5H11O2P.Li/c1-2-3-4-5-8(6)7;/h2-5H2,1H3;/q;+1. The van der Waals surface area contributed by atoms with Crippen LogP contribution < -0.4 is 23.8 Å². The largest absolute Gasteiger partial charge is 1.00 e. The van der Waals surface area contributed by atoms with Crippen molar-refractivity contribution in [3.63, 3.8) is 0 Å². The fraction of sp³-hybridized carbons (Fsp3) is 1.00. The molecule has 2 nitrogen and oxygen atoms in total. The first-order valence-electron chi connectivity index (χ1n) is 2.89. The van der Waals surface area contributed by atoms with Crippen molar-refractivity contribution in [2.24, 2.45) is 0 Å². The van der Waals surface area contributed by atoms with E-state index in [0.29, 0.717) is 6.16 Å². The molecule has 4 heteroatoms. The molecule has 0 aromatic heterocycles. The Morgan fingerprint density at radius 1 is 1.44 bits per heavy atom.